The molecule has 5 rings (SSSR count). The zero-order valence-corrected chi connectivity index (χ0v) is 22.9. The molecule has 39 heavy (non-hydrogen) atoms. The summed E-state index contributed by atoms with van der Waals surface area (Å²) in [5, 5.41) is 3.01. The molecule has 0 saturated carbocycles. The predicted molar refractivity (Wildman–Crippen MR) is 145 cm³/mol. The quantitative estimate of drug-likeness (QED) is 0.360. The van der Waals surface area contributed by atoms with Crippen molar-refractivity contribution >= 4 is 50.3 Å². The van der Waals surface area contributed by atoms with Crippen LogP contribution in [0.1, 0.15) is 53.6 Å². The number of nitrogens with zero attached hydrogens (tertiary/aromatic N) is 3. The molecular weight excluding hydrogens is 553 g/mol. The molecule has 2 aromatic carbocycles. The standard InChI is InChI=1S/C27H28ClF3N4O3S/c1-16-13-18(28)15-20(24(36)33-25-32-21-6-5-17(27(29,30)31)14-22(21)39-25)23(16)38-26(37)35-11-7-19(8-12-35)34-9-3-2-4-10-34/h5-6,13-15,19H,2-4,7-12H2,1H3,(H,32,33,36). The van der Waals surface area contributed by atoms with Crippen molar-refractivity contribution in [3.05, 3.63) is 52.0 Å². The van der Waals surface area contributed by atoms with Crippen LogP contribution in [-0.2, 0) is 6.18 Å². The number of carbonyl (C=O) groups excluding carboxylic acids is 2. The second kappa shape index (κ2) is 11.3. The van der Waals surface area contributed by atoms with Crippen LogP contribution in [0.2, 0.25) is 5.02 Å². The van der Waals surface area contributed by atoms with Gasteiger partial charge < -0.3 is 14.5 Å². The van der Waals surface area contributed by atoms with E-state index < -0.39 is 23.7 Å². The molecule has 3 heterocycles. The molecule has 2 amide bonds. The van der Waals surface area contributed by atoms with Crippen molar-refractivity contribution < 1.29 is 27.5 Å². The van der Waals surface area contributed by atoms with Crippen LogP contribution in [0, 0.1) is 6.92 Å². The van der Waals surface area contributed by atoms with Gasteiger partial charge in [-0.05, 0) is 81.6 Å². The molecule has 0 aliphatic carbocycles. The Kier molecular flexibility index (Phi) is 8.02. The van der Waals surface area contributed by atoms with Crippen molar-refractivity contribution in [3.63, 3.8) is 0 Å². The molecule has 0 bridgehead atoms. The van der Waals surface area contributed by atoms with Gasteiger partial charge in [0.2, 0.25) is 0 Å². The Labute approximate surface area is 232 Å². The molecule has 1 N–H and O–H groups in total. The lowest BCUT2D eigenvalue weighted by Crippen LogP contribution is -2.48. The Morgan fingerprint density at radius 2 is 1.79 bits per heavy atom. The number of hydrogen-bond donors (Lipinski definition) is 1. The zero-order chi connectivity index (χ0) is 27.7. The monoisotopic (exact) mass is 580 g/mol. The Balaban J connectivity index is 1.29. The largest absolute Gasteiger partial charge is 0.416 e. The molecule has 12 heteroatoms. The van der Waals surface area contributed by atoms with Crippen LogP contribution in [0.4, 0.5) is 23.1 Å². The number of halogens is 4. The average molecular weight is 581 g/mol. The maximum absolute atomic E-state index is 13.2. The van der Waals surface area contributed by atoms with Gasteiger partial charge in [0, 0.05) is 24.2 Å². The molecule has 0 atom stereocenters. The van der Waals surface area contributed by atoms with Crippen LogP contribution >= 0.6 is 22.9 Å². The number of ether oxygens (including phenoxy) is 1. The van der Waals surface area contributed by atoms with E-state index in [1.807, 2.05) is 0 Å². The molecule has 7 nitrogen and oxygen atoms in total. The topological polar surface area (TPSA) is 74.8 Å². The van der Waals surface area contributed by atoms with Gasteiger partial charge >= 0.3 is 12.3 Å². The van der Waals surface area contributed by atoms with Gasteiger partial charge in [-0.3, -0.25) is 10.1 Å². The van der Waals surface area contributed by atoms with E-state index >= 15 is 0 Å². The number of thiazole rings is 1. The summed E-state index contributed by atoms with van der Waals surface area (Å²) >= 11 is 7.13. The summed E-state index contributed by atoms with van der Waals surface area (Å²) in [7, 11) is 0. The fourth-order valence-corrected chi connectivity index (χ4v) is 6.37. The van der Waals surface area contributed by atoms with Gasteiger partial charge in [0.1, 0.15) is 5.75 Å². The number of piperidine rings is 2. The van der Waals surface area contributed by atoms with Gasteiger partial charge in [0.25, 0.3) is 5.91 Å². The number of hydrogen-bond acceptors (Lipinski definition) is 6. The lowest BCUT2D eigenvalue weighted by Gasteiger charge is -2.39. The highest BCUT2D eigenvalue weighted by atomic mass is 35.5. The Morgan fingerprint density at radius 3 is 2.49 bits per heavy atom. The smallest absolute Gasteiger partial charge is 0.409 e. The van der Waals surface area contributed by atoms with Crippen molar-refractivity contribution in [2.24, 2.45) is 0 Å². The second-order valence-electron chi connectivity index (χ2n) is 9.94. The molecule has 2 saturated heterocycles. The number of fused-ring (bicyclic) bond motifs is 1. The number of aryl methyl sites for hydroxylation is 1. The Bertz CT molecular complexity index is 1380. The first-order valence-electron chi connectivity index (χ1n) is 12.9. The summed E-state index contributed by atoms with van der Waals surface area (Å²) in [5.74, 6) is -0.553. The molecule has 0 spiro atoms. The Hall–Kier alpha value is -2.89. The van der Waals surface area contributed by atoms with Gasteiger partial charge in [0.05, 0.1) is 21.3 Å². The van der Waals surface area contributed by atoms with E-state index in [1.54, 1.807) is 17.9 Å². The van der Waals surface area contributed by atoms with Crippen LogP contribution in [0.25, 0.3) is 10.2 Å². The van der Waals surface area contributed by atoms with Crippen LogP contribution in [0.3, 0.4) is 0 Å². The van der Waals surface area contributed by atoms with Crippen LogP contribution in [-0.4, -0.2) is 59.0 Å². The van der Waals surface area contributed by atoms with E-state index in [1.165, 1.54) is 31.4 Å². The van der Waals surface area contributed by atoms with E-state index in [-0.39, 0.29) is 26.2 Å². The minimum absolute atomic E-state index is 0.0341. The van der Waals surface area contributed by atoms with Crippen LogP contribution in [0.5, 0.6) is 5.75 Å². The van der Waals surface area contributed by atoms with Crippen molar-refractivity contribution in [2.45, 2.75) is 51.2 Å². The minimum atomic E-state index is -4.48. The number of benzene rings is 2. The number of alkyl halides is 3. The molecule has 208 valence electrons. The van der Waals surface area contributed by atoms with Crippen LogP contribution in [0.15, 0.2) is 30.3 Å². The highest BCUT2D eigenvalue weighted by molar-refractivity contribution is 7.22. The number of carbonyl (C=O) groups is 2. The van der Waals surface area contributed by atoms with E-state index in [4.69, 9.17) is 16.3 Å². The first kappa shape index (κ1) is 27.7. The van der Waals surface area contributed by atoms with Gasteiger partial charge in [-0.1, -0.05) is 29.4 Å². The molecule has 0 radical (unpaired) electrons. The third-order valence-electron chi connectivity index (χ3n) is 7.24. The lowest BCUT2D eigenvalue weighted by atomic mass is 10.0. The summed E-state index contributed by atoms with van der Waals surface area (Å²) in [5.41, 5.74) is 0.0662. The fraction of sp³-hybridized carbons (Fsp3) is 0.444. The first-order chi connectivity index (χ1) is 18.6. The first-order valence-corrected chi connectivity index (χ1v) is 14.1. The van der Waals surface area contributed by atoms with Gasteiger partial charge in [-0.15, -0.1) is 0 Å². The van der Waals surface area contributed by atoms with E-state index in [0.717, 1.165) is 49.4 Å². The number of nitrogens with one attached hydrogen (secondary N) is 1. The van der Waals surface area contributed by atoms with E-state index in [9.17, 15) is 22.8 Å². The Morgan fingerprint density at radius 1 is 1.08 bits per heavy atom. The molecular formula is C27H28ClF3N4O3S. The lowest BCUT2D eigenvalue weighted by molar-refractivity contribution is -0.137. The third-order valence-corrected chi connectivity index (χ3v) is 8.39. The summed E-state index contributed by atoms with van der Waals surface area (Å²) in [6, 6.07) is 6.66. The number of likely N-dealkylation sites (tertiary alicyclic amines) is 2. The maximum atomic E-state index is 13.2. The number of amides is 2. The predicted octanol–water partition coefficient (Wildman–Crippen LogP) is 6.98. The molecule has 0 unspecified atom stereocenters. The molecule has 2 aliphatic heterocycles. The highest BCUT2D eigenvalue weighted by Crippen LogP contribution is 2.35. The summed E-state index contributed by atoms with van der Waals surface area (Å²) in [4.78, 5) is 34.7. The highest BCUT2D eigenvalue weighted by Gasteiger charge is 2.32. The molecule has 3 aromatic rings. The average Bonchev–Trinajstić information content (AvgIpc) is 3.31. The van der Waals surface area contributed by atoms with Crippen molar-refractivity contribution in [2.75, 3.05) is 31.5 Å². The molecule has 2 fully saturated rings. The number of rotatable bonds is 4. The van der Waals surface area contributed by atoms with Crippen LogP contribution < -0.4 is 10.1 Å². The summed E-state index contributed by atoms with van der Waals surface area (Å²) in [6.45, 7) is 5.04. The summed E-state index contributed by atoms with van der Waals surface area (Å²) < 4.78 is 45.2. The third kappa shape index (κ3) is 6.31. The molecule has 2 aliphatic rings. The summed E-state index contributed by atoms with van der Waals surface area (Å²) in [6.07, 6.45) is 0.428. The van der Waals surface area contributed by atoms with E-state index in [0.29, 0.717) is 30.2 Å². The van der Waals surface area contributed by atoms with Gasteiger partial charge in [-0.25, -0.2) is 9.78 Å². The van der Waals surface area contributed by atoms with Crippen molar-refractivity contribution in [1.82, 2.24) is 14.8 Å². The van der Waals surface area contributed by atoms with E-state index in [2.05, 4.69) is 15.2 Å². The minimum Gasteiger partial charge on any atom is -0.409 e. The fourth-order valence-electron chi connectivity index (χ4n) is 5.20. The zero-order valence-electron chi connectivity index (χ0n) is 21.3. The SMILES string of the molecule is Cc1cc(Cl)cc(C(=O)Nc2nc3ccc(C(F)(F)F)cc3s2)c1OC(=O)N1CCC(N2CCCCC2)CC1. The number of anilines is 1. The molecule has 1 aromatic heterocycles. The number of aromatic nitrogens is 1. The second-order valence-corrected chi connectivity index (χ2v) is 11.4. The normalized spacial score (nSPS) is 17.4. The van der Waals surface area contributed by atoms with Crippen molar-refractivity contribution in [1.29, 1.82) is 0 Å². The van der Waals surface area contributed by atoms with Gasteiger partial charge in [0.15, 0.2) is 5.13 Å². The van der Waals surface area contributed by atoms with Gasteiger partial charge in [-0.2, -0.15) is 13.2 Å². The van der Waals surface area contributed by atoms with Crippen molar-refractivity contribution in [3.8, 4) is 5.75 Å². The maximum Gasteiger partial charge on any atom is 0.416 e.